The largest absolute Gasteiger partial charge is 0.377 e. The van der Waals surface area contributed by atoms with E-state index in [1.165, 1.54) is 19.3 Å². The maximum atomic E-state index is 5.60. The van der Waals surface area contributed by atoms with Crippen LogP contribution in [0.5, 0.6) is 0 Å². The van der Waals surface area contributed by atoms with Gasteiger partial charge in [0.25, 0.3) is 0 Å². The minimum atomic E-state index is 0.400. The van der Waals surface area contributed by atoms with Crippen molar-refractivity contribution >= 4 is 12.6 Å². The molecule has 0 aromatic heterocycles. The maximum absolute atomic E-state index is 5.60. The summed E-state index contributed by atoms with van der Waals surface area (Å²) in [5.41, 5.74) is 0. The molecule has 3 heteroatoms. The molecule has 15 heavy (non-hydrogen) atoms. The van der Waals surface area contributed by atoms with Crippen LogP contribution in [-0.4, -0.2) is 43.0 Å². The average Bonchev–Trinajstić information content (AvgIpc) is 2.63. The smallest absolute Gasteiger partial charge is 0.0702 e. The lowest BCUT2D eigenvalue weighted by Crippen LogP contribution is -2.40. The van der Waals surface area contributed by atoms with E-state index >= 15 is 0 Å². The Bertz CT molecular complexity index is 177. The predicted octanol–water partition coefficient (Wildman–Crippen LogP) is 2.44. The van der Waals surface area contributed by atoms with Crippen molar-refractivity contribution in [1.82, 2.24) is 4.90 Å². The van der Waals surface area contributed by atoms with Crippen molar-refractivity contribution in [1.29, 1.82) is 0 Å². The van der Waals surface area contributed by atoms with Crippen LogP contribution in [0.4, 0.5) is 0 Å². The van der Waals surface area contributed by atoms with Crippen LogP contribution in [0.1, 0.15) is 33.1 Å². The molecule has 3 atom stereocenters. The van der Waals surface area contributed by atoms with Crippen LogP contribution in [0.25, 0.3) is 0 Å². The summed E-state index contributed by atoms with van der Waals surface area (Å²) >= 11 is 4.43. The Morgan fingerprint density at radius 1 is 1.53 bits per heavy atom. The van der Waals surface area contributed by atoms with Gasteiger partial charge in [0, 0.05) is 19.2 Å². The van der Waals surface area contributed by atoms with Gasteiger partial charge in [0.1, 0.15) is 0 Å². The van der Waals surface area contributed by atoms with E-state index < -0.39 is 0 Å². The van der Waals surface area contributed by atoms with Crippen molar-refractivity contribution in [2.75, 3.05) is 26.0 Å². The number of nitrogens with zero attached hydrogens (tertiary/aromatic N) is 1. The van der Waals surface area contributed by atoms with Gasteiger partial charge in [-0.25, -0.2) is 0 Å². The molecular weight excluding hydrogens is 206 g/mol. The highest BCUT2D eigenvalue weighted by Crippen LogP contribution is 2.20. The molecule has 3 unspecified atom stereocenters. The fourth-order valence-electron chi connectivity index (χ4n) is 2.49. The van der Waals surface area contributed by atoms with E-state index in [-0.39, 0.29) is 0 Å². The van der Waals surface area contributed by atoms with E-state index in [0.717, 1.165) is 24.8 Å². The van der Waals surface area contributed by atoms with Gasteiger partial charge in [0.05, 0.1) is 6.10 Å². The monoisotopic (exact) mass is 231 g/mol. The lowest BCUT2D eigenvalue weighted by Gasteiger charge is -2.29. The lowest BCUT2D eigenvalue weighted by atomic mass is 10.0. The molecule has 2 nitrogen and oxygen atoms in total. The van der Waals surface area contributed by atoms with Crippen LogP contribution < -0.4 is 0 Å². The van der Waals surface area contributed by atoms with Gasteiger partial charge >= 0.3 is 0 Å². The Labute approximate surface area is 99.8 Å². The molecule has 1 fully saturated rings. The fourth-order valence-corrected chi connectivity index (χ4v) is 2.79. The zero-order valence-corrected chi connectivity index (χ0v) is 11.2. The number of hydrogen-bond acceptors (Lipinski definition) is 3. The second-order valence-corrected chi connectivity index (χ2v) is 5.07. The second kappa shape index (κ2) is 6.77. The van der Waals surface area contributed by atoms with Gasteiger partial charge in [-0.05, 0) is 38.5 Å². The van der Waals surface area contributed by atoms with Crippen LogP contribution in [0.3, 0.4) is 0 Å². The van der Waals surface area contributed by atoms with Gasteiger partial charge in [-0.2, -0.15) is 12.6 Å². The van der Waals surface area contributed by atoms with Crippen LogP contribution in [0.2, 0.25) is 0 Å². The third-order valence-electron chi connectivity index (χ3n) is 3.40. The Morgan fingerprint density at radius 3 is 2.73 bits per heavy atom. The predicted molar refractivity (Wildman–Crippen MR) is 68.7 cm³/mol. The van der Waals surface area contributed by atoms with Gasteiger partial charge in [0.15, 0.2) is 0 Å². The molecule has 0 saturated carbocycles. The minimum absolute atomic E-state index is 0.400. The zero-order valence-electron chi connectivity index (χ0n) is 10.3. The van der Waals surface area contributed by atoms with Crippen molar-refractivity contribution in [2.45, 2.75) is 45.3 Å². The molecule has 1 aliphatic rings. The highest BCUT2D eigenvalue weighted by molar-refractivity contribution is 7.80. The van der Waals surface area contributed by atoms with Gasteiger partial charge in [0.2, 0.25) is 0 Å². The number of likely N-dealkylation sites (N-methyl/N-ethyl adjacent to an activating group) is 1. The molecule has 0 amide bonds. The molecule has 1 rings (SSSR count). The molecule has 0 N–H and O–H groups in total. The number of hydrogen-bond donors (Lipinski definition) is 1. The SMILES string of the molecule is CCCC(CS)CN(C)C1CCOC1C. The third kappa shape index (κ3) is 3.97. The summed E-state index contributed by atoms with van der Waals surface area (Å²) in [6, 6.07) is 0.615. The summed E-state index contributed by atoms with van der Waals surface area (Å²) in [7, 11) is 2.22. The van der Waals surface area contributed by atoms with Crippen LogP contribution in [0, 0.1) is 5.92 Å². The molecule has 0 spiro atoms. The molecule has 1 heterocycles. The first-order valence-electron chi connectivity index (χ1n) is 6.11. The van der Waals surface area contributed by atoms with Gasteiger partial charge in [-0.1, -0.05) is 13.3 Å². The van der Waals surface area contributed by atoms with Crippen LogP contribution >= 0.6 is 12.6 Å². The van der Waals surface area contributed by atoms with Gasteiger partial charge in [-0.15, -0.1) is 0 Å². The van der Waals surface area contributed by atoms with Gasteiger partial charge < -0.3 is 9.64 Å². The summed E-state index contributed by atoms with van der Waals surface area (Å²) in [6.45, 7) is 6.52. The Morgan fingerprint density at radius 2 is 2.27 bits per heavy atom. The Balaban J connectivity index is 2.35. The number of rotatable bonds is 6. The molecule has 1 aliphatic heterocycles. The van der Waals surface area contributed by atoms with Gasteiger partial charge in [-0.3, -0.25) is 0 Å². The molecule has 0 aromatic carbocycles. The molecule has 0 aromatic rings. The van der Waals surface area contributed by atoms with E-state index in [2.05, 4.69) is 38.4 Å². The van der Waals surface area contributed by atoms with Crippen molar-refractivity contribution in [3.05, 3.63) is 0 Å². The molecule has 0 aliphatic carbocycles. The zero-order chi connectivity index (χ0) is 11.3. The number of thiol groups is 1. The van der Waals surface area contributed by atoms with E-state index in [4.69, 9.17) is 4.74 Å². The lowest BCUT2D eigenvalue weighted by molar-refractivity contribution is 0.0788. The minimum Gasteiger partial charge on any atom is -0.377 e. The fraction of sp³-hybridized carbons (Fsp3) is 1.00. The van der Waals surface area contributed by atoms with Crippen molar-refractivity contribution in [2.24, 2.45) is 5.92 Å². The topological polar surface area (TPSA) is 12.5 Å². The first kappa shape index (κ1) is 13.3. The first-order valence-corrected chi connectivity index (χ1v) is 6.75. The molecule has 0 radical (unpaired) electrons. The quantitative estimate of drug-likeness (QED) is 0.705. The van der Waals surface area contributed by atoms with Crippen LogP contribution in [-0.2, 0) is 4.74 Å². The third-order valence-corrected chi connectivity index (χ3v) is 3.92. The van der Waals surface area contributed by atoms with Crippen molar-refractivity contribution in [3.8, 4) is 0 Å². The highest BCUT2D eigenvalue weighted by atomic mass is 32.1. The first-order chi connectivity index (χ1) is 7.19. The second-order valence-electron chi connectivity index (χ2n) is 4.71. The van der Waals surface area contributed by atoms with E-state index in [1.807, 2.05) is 0 Å². The summed E-state index contributed by atoms with van der Waals surface area (Å²) in [5, 5.41) is 0. The average molecular weight is 231 g/mol. The standard InChI is InChI=1S/C12H25NOS/c1-4-5-11(9-15)8-13(3)12-6-7-14-10(12)2/h10-12,15H,4-9H2,1-3H3. The summed E-state index contributed by atoms with van der Waals surface area (Å²) < 4.78 is 5.60. The number of ether oxygens (including phenoxy) is 1. The van der Waals surface area contributed by atoms with E-state index in [1.54, 1.807) is 0 Å². The van der Waals surface area contributed by atoms with Crippen molar-refractivity contribution < 1.29 is 4.74 Å². The highest BCUT2D eigenvalue weighted by Gasteiger charge is 2.28. The maximum Gasteiger partial charge on any atom is 0.0702 e. The summed E-state index contributed by atoms with van der Waals surface area (Å²) in [5.74, 6) is 1.73. The molecule has 90 valence electrons. The Hall–Kier alpha value is 0.270. The molecule has 0 bridgehead atoms. The molecular formula is C12H25NOS. The summed E-state index contributed by atoms with van der Waals surface area (Å²) in [6.07, 6.45) is 4.13. The molecule has 1 saturated heterocycles. The normalized spacial score (nSPS) is 28.6. The van der Waals surface area contributed by atoms with Crippen molar-refractivity contribution in [3.63, 3.8) is 0 Å². The Kier molecular flexibility index (Phi) is 6.02. The van der Waals surface area contributed by atoms with E-state index in [9.17, 15) is 0 Å². The summed E-state index contributed by atoms with van der Waals surface area (Å²) in [4.78, 5) is 2.47. The van der Waals surface area contributed by atoms with E-state index in [0.29, 0.717) is 12.1 Å². The van der Waals surface area contributed by atoms with Crippen LogP contribution in [0.15, 0.2) is 0 Å².